The molecule has 6 rings (SSSR count). The molecule has 0 spiro atoms. The number of aromatic nitrogens is 4. The summed E-state index contributed by atoms with van der Waals surface area (Å²) in [7, 11) is 3.01. The monoisotopic (exact) mass is 1170 g/mol. The van der Waals surface area contributed by atoms with Crippen LogP contribution >= 0.6 is 0 Å². The molecule has 0 fully saturated rings. The quantitative estimate of drug-likeness (QED) is 0.0237. The molecule has 0 aliphatic carbocycles. The van der Waals surface area contributed by atoms with Crippen molar-refractivity contribution in [1.82, 2.24) is 40.4 Å². The predicted octanol–water partition coefficient (Wildman–Crippen LogP) is 9.97. The van der Waals surface area contributed by atoms with E-state index < -0.39 is 43.6 Å². The molecular weight excluding hydrogens is 1080 g/mol. The Balaban J connectivity index is 0.000000262. The second-order valence-electron chi connectivity index (χ2n) is 21.1. The minimum absolute atomic E-state index is 0.0428. The van der Waals surface area contributed by atoms with Gasteiger partial charge in [-0.3, -0.25) is 29.4 Å². The highest BCUT2D eigenvalue weighted by Gasteiger charge is 2.35. The highest BCUT2D eigenvalue weighted by Crippen LogP contribution is 2.38. The van der Waals surface area contributed by atoms with Crippen molar-refractivity contribution in [2.45, 2.75) is 92.9 Å². The lowest BCUT2D eigenvalue weighted by Crippen LogP contribution is -2.30. The third-order valence-corrected chi connectivity index (χ3v) is 15.8. The zero-order valence-corrected chi connectivity index (χ0v) is 50.8. The van der Waals surface area contributed by atoms with Crippen molar-refractivity contribution >= 4 is 48.7 Å². The number of hydrogen-bond donors (Lipinski definition) is 6. The third-order valence-electron chi connectivity index (χ3n) is 12.8. The summed E-state index contributed by atoms with van der Waals surface area (Å²) in [5.41, 5.74) is 8.09. The van der Waals surface area contributed by atoms with Crippen LogP contribution < -0.4 is 20.1 Å². The zero-order valence-electron chi connectivity index (χ0n) is 49.1. The highest BCUT2D eigenvalue weighted by atomic mass is 32.2. The van der Waals surface area contributed by atoms with E-state index in [0.29, 0.717) is 48.7 Å². The maximum absolute atomic E-state index is 13.6. The van der Waals surface area contributed by atoms with Crippen molar-refractivity contribution in [2.75, 3.05) is 107 Å². The number of rotatable bonds is 30. The van der Waals surface area contributed by atoms with Gasteiger partial charge in [0, 0.05) is 91.6 Å². The van der Waals surface area contributed by atoms with E-state index in [2.05, 4.69) is 94.2 Å². The first-order valence-electron chi connectivity index (χ1n) is 27.6. The molecule has 0 saturated heterocycles. The van der Waals surface area contributed by atoms with E-state index in [1.165, 1.54) is 24.5 Å². The van der Waals surface area contributed by atoms with Gasteiger partial charge in [-0.25, -0.2) is 16.8 Å². The van der Waals surface area contributed by atoms with Gasteiger partial charge in [-0.2, -0.15) is 23.4 Å². The number of sulfonamides is 2. The number of benzene rings is 3. The van der Waals surface area contributed by atoms with Gasteiger partial charge in [0.15, 0.2) is 0 Å². The van der Waals surface area contributed by atoms with E-state index >= 15 is 0 Å². The average molecular weight is 1170 g/mol. The SMILES string of the molecule is CCCCN(C)Cc1cn[nH]c1-c1ccc(NC(=O)C(C)C)c(C(F)(F)F)c1.CCCCN(C)Cc1cn[nH]c1-c1ccc(NS(=O)(=O)CC(C)C)cc1.CNCCN(C)CC1=CCN=C1c1ccc(NS(=O)(=O)CCCOC)cc1. The maximum Gasteiger partial charge on any atom is 0.418 e. The first kappa shape index (κ1) is 67.6. The van der Waals surface area contributed by atoms with Crippen molar-refractivity contribution in [3.05, 3.63) is 113 Å². The molecule has 1 amide bonds. The molecule has 3 aromatic carbocycles. The van der Waals surface area contributed by atoms with E-state index in [9.17, 15) is 34.8 Å². The Morgan fingerprint density at radius 3 is 1.74 bits per heavy atom. The molecule has 1 aliphatic heterocycles. The molecule has 1 aliphatic rings. The largest absolute Gasteiger partial charge is 0.418 e. The summed E-state index contributed by atoms with van der Waals surface area (Å²) in [6.07, 6.45) is 6.00. The lowest BCUT2D eigenvalue weighted by Gasteiger charge is -2.18. The van der Waals surface area contributed by atoms with Crippen LogP contribution in [0.25, 0.3) is 22.5 Å². The molecular formula is C58H87F3N12O6S2. The number of nitrogens with zero attached hydrogens (tertiary/aromatic N) is 6. The van der Waals surface area contributed by atoms with Crippen LogP contribution in [0.2, 0.25) is 0 Å². The number of carbonyl (C=O) groups excluding carboxylic acids is 1. The molecule has 0 unspecified atom stereocenters. The minimum Gasteiger partial charge on any atom is -0.385 e. The molecule has 81 heavy (non-hydrogen) atoms. The van der Waals surface area contributed by atoms with Gasteiger partial charge in [-0.1, -0.05) is 90.8 Å². The fourth-order valence-corrected chi connectivity index (χ4v) is 11.0. The van der Waals surface area contributed by atoms with Crippen molar-refractivity contribution in [1.29, 1.82) is 0 Å². The predicted molar refractivity (Wildman–Crippen MR) is 323 cm³/mol. The van der Waals surface area contributed by atoms with Crippen LogP contribution in [0.1, 0.15) is 95.9 Å². The molecule has 0 radical (unpaired) electrons. The topological polar surface area (TPSA) is 222 Å². The Kier molecular flexibility index (Phi) is 27.7. The van der Waals surface area contributed by atoms with Gasteiger partial charge in [0.1, 0.15) is 0 Å². The number of anilines is 3. The second-order valence-corrected chi connectivity index (χ2v) is 24.7. The van der Waals surface area contributed by atoms with Gasteiger partial charge in [0.05, 0.1) is 58.8 Å². The van der Waals surface area contributed by atoms with Crippen molar-refractivity contribution in [3.8, 4) is 22.5 Å². The zero-order chi connectivity index (χ0) is 59.8. The number of ether oxygens (including phenoxy) is 1. The van der Waals surface area contributed by atoms with Crippen molar-refractivity contribution in [2.24, 2.45) is 16.8 Å². The van der Waals surface area contributed by atoms with E-state index in [0.717, 1.165) is 91.8 Å². The Bertz CT molecular complexity index is 2980. The normalized spacial score (nSPS) is 12.8. The first-order chi connectivity index (χ1) is 38.4. The number of aliphatic imine (C=N–C) groups is 1. The summed E-state index contributed by atoms with van der Waals surface area (Å²) in [5, 5.41) is 19.6. The first-order valence-corrected chi connectivity index (χ1v) is 30.9. The average Bonchev–Trinajstić information content (AvgIpc) is 4.20. The molecule has 18 nitrogen and oxygen atoms in total. The molecule has 448 valence electrons. The number of nitrogens with one attached hydrogen (secondary N) is 6. The van der Waals surface area contributed by atoms with Gasteiger partial charge in [0.2, 0.25) is 26.0 Å². The number of methoxy groups -OCH3 is 1. The van der Waals surface area contributed by atoms with Crippen LogP contribution in [-0.2, 0) is 48.8 Å². The number of likely N-dealkylation sites (N-methyl/N-ethyl adjacent to an activating group) is 2. The third kappa shape index (κ3) is 23.4. The number of carbonyl (C=O) groups is 1. The van der Waals surface area contributed by atoms with Gasteiger partial charge in [0.25, 0.3) is 0 Å². The van der Waals surface area contributed by atoms with E-state index in [-0.39, 0.29) is 23.1 Å². The number of unbranched alkanes of at least 4 members (excludes halogenated alkanes) is 2. The molecule has 0 atom stereocenters. The highest BCUT2D eigenvalue weighted by molar-refractivity contribution is 7.93. The van der Waals surface area contributed by atoms with Crippen molar-refractivity contribution < 1.29 is 39.5 Å². The van der Waals surface area contributed by atoms with Crippen LogP contribution in [0.4, 0.5) is 30.2 Å². The Morgan fingerprint density at radius 1 is 0.716 bits per heavy atom. The molecule has 23 heteroatoms. The molecule has 2 aromatic heterocycles. The van der Waals surface area contributed by atoms with E-state index in [1.807, 2.05) is 58.4 Å². The van der Waals surface area contributed by atoms with E-state index in [1.54, 1.807) is 57.5 Å². The number of amides is 1. The van der Waals surface area contributed by atoms with Gasteiger partial charge >= 0.3 is 6.18 Å². The molecule has 6 N–H and O–H groups in total. The summed E-state index contributed by atoms with van der Waals surface area (Å²) in [5.74, 6) is -0.634. The number of halogens is 3. The fraction of sp³-hybridized carbons (Fsp3) is 0.517. The summed E-state index contributed by atoms with van der Waals surface area (Å²) in [4.78, 5) is 23.1. The summed E-state index contributed by atoms with van der Waals surface area (Å²) >= 11 is 0. The Morgan fingerprint density at radius 2 is 1.23 bits per heavy atom. The number of hydrogen-bond acceptors (Lipinski definition) is 13. The van der Waals surface area contributed by atoms with Gasteiger partial charge in [-0.15, -0.1) is 0 Å². The smallest absolute Gasteiger partial charge is 0.385 e. The standard InChI is InChI=1S/C20H27F3N4O.C19H30N4O3S.C19H30N4O2S/c1-5-6-9-27(4)12-15-11-24-26-18(15)14-7-8-17(25-19(28)13(2)3)16(10-14)20(21,22)23;1-20-11-12-23(2)15-17-9-10-21-19(17)16-5-7-18(8-6-16)22-27(24,25)14-4-13-26-3;1-5-6-11-23(4)13-17-12-20-21-19(17)16-7-9-18(10-8-16)22-26(24,25)14-15(2)3/h7-8,10-11,13H,5-6,9,12H2,1-4H3,(H,24,26)(H,25,28);5-9,20,22H,4,10-15H2,1-3H3;7-10,12,15,22H,5-6,11,13-14H2,1-4H3,(H,20,21). The van der Waals surface area contributed by atoms with Crippen LogP contribution in [0.5, 0.6) is 0 Å². The van der Waals surface area contributed by atoms with Gasteiger partial charge in [-0.05, 0) is 108 Å². The Hall–Kier alpha value is -5.95. The maximum atomic E-state index is 13.6. The number of alkyl halides is 3. The lowest BCUT2D eigenvalue weighted by molar-refractivity contribution is -0.137. The molecule has 0 bridgehead atoms. The minimum atomic E-state index is -4.59. The Labute approximate surface area is 479 Å². The second kappa shape index (κ2) is 33.2. The molecule has 5 aromatic rings. The summed E-state index contributed by atoms with van der Waals surface area (Å²) in [6.45, 7) is 18.6. The van der Waals surface area contributed by atoms with Crippen LogP contribution in [0.15, 0.2) is 95.8 Å². The van der Waals surface area contributed by atoms with Crippen LogP contribution in [0.3, 0.4) is 0 Å². The number of H-pyrrole nitrogens is 2. The summed E-state index contributed by atoms with van der Waals surface area (Å²) in [6, 6.07) is 18.7. The van der Waals surface area contributed by atoms with E-state index in [4.69, 9.17) is 4.74 Å². The summed E-state index contributed by atoms with van der Waals surface area (Å²) < 4.78 is 99.1. The lowest BCUT2D eigenvalue weighted by atomic mass is 10.0. The fourth-order valence-electron chi connectivity index (χ4n) is 8.50. The van der Waals surface area contributed by atoms with Gasteiger partial charge < -0.3 is 30.1 Å². The number of aromatic amines is 2. The van der Waals surface area contributed by atoms with Crippen LogP contribution in [0, 0.1) is 11.8 Å². The molecule has 0 saturated carbocycles. The van der Waals surface area contributed by atoms with Crippen LogP contribution in [-0.4, -0.2) is 156 Å². The molecule has 3 heterocycles. The van der Waals surface area contributed by atoms with Crippen molar-refractivity contribution in [3.63, 3.8) is 0 Å².